The lowest BCUT2D eigenvalue weighted by Crippen LogP contribution is -1.99. The summed E-state index contributed by atoms with van der Waals surface area (Å²) >= 11 is 5.11. The molecule has 0 aliphatic heterocycles. The first-order chi connectivity index (χ1) is 10.2. The molecule has 0 aliphatic carbocycles. The average molecular weight is 360 g/mol. The van der Waals surface area contributed by atoms with Crippen LogP contribution in [-0.2, 0) is 6.54 Å². The predicted octanol–water partition coefficient (Wildman–Crippen LogP) is 4.89. The second-order valence-corrected chi connectivity index (χ2v) is 6.68. The van der Waals surface area contributed by atoms with E-state index in [9.17, 15) is 0 Å². The Morgan fingerprint density at radius 3 is 2.90 bits per heavy atom. The molecule has 0 bridgehead atoms. The molecule has 3 aromatic rings. The van der Waals surface area contributed by atoms with Gasteiger partial charge in [-0.05, 0) is 46.6 Å². The van der Waals surface area contributed by atoms with Crippen molar-refractivity contribution in [3.05, 3.63) is 63.1 Å². The Hall–Kier alpha value is -1.72. The van der Waals surface area contributed by atoms with Gasteiger partial charge in [-0.15, -0.1) is 11.3 Å². The first-order valence-electron chi connectivity index (χ1n) is 6.56. The summed E-state index contributed by atoms with van der Waals surface area (Å²) in [5.41, 5.74) is 4.39. The van der Waals surface area contributed by atoms with Crippen LogP contribution in [0.15, 0.2) is 52.6 Å². The van der Waals surface area contributed by atoms with Crippen LogP contribution in [0, 0.1) is 6.92 Å². The van der Waals surface area contributed by atoms with Crippen molar-refractivity contribution < 1.29 is 0 Å². The lowest BCUT2D eigenvalue weighted by atomic mass is 10.1. The highest BCUT2D eigenvalue weighted by Crippen LogP contribution is 2.24. The molecule has 3 nitrogen and oxygen atoms in total. The fraction of sp³-hybridized carbons (Fsp3) is 0.125. The minimum Gasteiger partial charge on any atom is -0.381 e. The van der Waals surface area contributed by atoms with E-state index in [-0.39, 0.29) is 0 Å². The van der Waals surface area contributed by atoms with Crippen LogP contribution in [0.3, 0.4) is 0 Å². The number of pyridine rings is 1. The average Bonchev–Trinajstić information content (AvgIpc) is 2.92. The van der Waals surface area contributed by atoms with Gasteiger partial charge in [-0.3, -0.25) is 4.98 Å². The zero-order valence-electron chi connectivity index (χ0n) is 11.5. The first-order valence-corrected chi connectivity index (χ1v) is 8.24. The van der Waals surface area contributed by atoms with Crippen molar-refractivity contribution in [1.82, 2.24) is 9.97 Å². The van der Waals surface area contributed by atoms with E-state index in [0.717, 1.165) is 38.5 Å². The highest BCUT2D eigenvalue weighted by Gasteiger charge is 2.03. The van der Waals surface area contributed by atoms with E-state index in [0.29, 0.717) is 0 Å². The zero-order valence-corrected chi connectivity index (χ0v) is 13.9. The third kappa shape index (κ3) is 3.68. The summed E-state index contributed by atoms with van der Waals surface area (Å²) in [4.78, 5) is 8.70. The molecule has 0 aliphatic rings. The second-order valence-electron chi connectivity index (χ2n) is 4.70. The molecule has 0 spiro atoms. The Morgan fingerprint density at radius 1 is 1.24 bits per heavy atom. The van der Waals surface area contributed by atoms with Crippen molar-refractivity contribution in [3.8, 4) is 11.3 Å². The summed E-state index contributed by atoms with van der Waals surface area (Å²) in [5.74, 6) is 0. The summed E-state index contributed by atoms with van der Waals surface area (Å²) in [6.45, 7) is 2.77. The number of rotatable bonds is 4. The molecule has 1 N–H and O–H groups in total. The van der Waals surface area contributed by atoms with Gasteiger partial charge in [0.2, 0.25) is 0 Å². The number of anilines is 1. The molecule has 0 unspecified atom stereocenters. The molecule has 0 saturated heterocycles. The van der Waals surface area contributed by atoms with Crippen molar-refractivity contribution in [3.63, 3.8) is 0 Å². The lowest BCUT2D eigenvalue weighted by molar-refractivity contribution is 1.11. The number of aromatic nitrogens is 2. The number of nitrogens with zero attached hydrogens (tertiary/aromatic N) is 2. The van der Waals surface area contributed by atoms with E-state index in [2.05, 4.69) is 60.9 Å². The number of thiazole rings is 1. The van der Waals surface area contributed by atoms with Gasteiger partial charge in [-0.1, -0.05) is 12.1 Å². The molecular formula is C16H14BrN3S. The Labute approximate surface area is 136 Å². The zero-order chi connectivity index (χ0) is 14.7. The summed E-state index contributed by atoms with van der Waals surface area (Å²) in [6.07, 6.45) is 3.65. The van der Waals surface area contributed by atoms with E-state index < -0.39 is 0 Å². The van der Waals surface area contributed by atoms with Crippen molar-refractivity contribution in [2.24, 2.45) is 0 Å². The van der Waals surface area contributed by atoms with Gasteiger partial charge in [0.1, 0.15) is 0 Å². The Bertz CT molecular complexity index is 755. The van der Waals surface area contributed by atoms with Gasteiger partial charge in [0.25, 0.3) is 0 Å². The van der Waals surface area contributed by atoms with Gasteiger partial charge in [0.05, 0.1) is 10.7 Å². The highest BCUT2D eigenvalue weighted by atomic mass is 79.9. The number of benzene rings is 1. The quantitative estimate of drug-likeness (QED) is 0.720. The molecule has 106 valence electrons. The molecule has 0 radical (unpaired) electrons. The minimum absolute atomic E-state index is 0.742. The van der Waals surface area contributed by atoms with Gasteiger partial charge in [0.15, 0.2) is 0 Å². The van der Waals surface area contributed by atoms with Crippen LogP contribution in [-0.4, -0.2) is 9.97 Å². The molecule has 0 saturated carbocycles. The van der Waals surface area contributed by atoms with Crippen LogP contribution in [0.4, 0.5) is 5.69 Å². The number of halogens is 1. The second kappa shape index (κ2) is 6.37. The first kappa shape index (κ1) is 14.2. The van der Waals surface area contributed by atoms with E-state index in [1.165, 1.54) is 0 Å². The molecule has 0 amide bonds. The predicted molar refractivity (Wildman–Crippen MR) is 91.6 cm³/mol. The Kier molecular flexibility index (Phi) is 4.31. The third-order valence-corrected chi connectivity index (χ3v) is 4.24. The van der Waals surface area contributed by atoms with Crippen molar-refractivity contribution in [2.45, 2.75) is 13.5 Å². The minimum atomic E-state index is 0.742. The molecule has 3 rings (SSSR count). The van der Waals surface area contributed by atoms with E-state index in [1.54, 1.807) is 17.5 Å². The molecule has 21 heavy (non-hydrogen) atoms. The summed E-state index contributed by atoms with van der Waals surface area (Å²) in [6, 6.07) is 10.4. The number of nitrogens with one attached hydrogen (secondary N) is 1. The van der Waals surface area contributed by atoms with Crippen LogP contribution >= 0.6 is 27.3 Å². The summed E-state index contributed by atoms with van der Waals surface area (Å²) < 4.78 is 0.994. The maximum atomic E-state index is 4.53. The molecule has 1 aromatic carbocycles. The lowest BCUT2D eigenvalue weighted by Gasteiger charge is -2.08. The number of hydrogen-bond donors (Lipinski definition) is 1. The molecule has 2 aromatic heterocycles. The van der Waals surface area contributed by atoms with Crippen LogP contribution < -0.4 is 5.32 Å². The van der Waals surface area contributed by atoms with Gasteiger partial charge >= 0.3 is 0 Å². The largest absolute Gasteiger partial charge is 0.381 e. The smallest absolute Gasteiger partial charge is 0.0901 e. The van der Waals surface area contributed by atoms with Crippen molar-refractivity contribution in [2.75, 3.05) is 5.32 Å². The van der Waals surface area contributed by atoms with Gasteiger partial charge < -0.3 is 5.32 Å². The summed E-state index contributed by atoms with van der Waals surface area (Å²) in [7, 11) is 0. The summed E-state index contributed by atoms with van der Waals surface area (Å²) in [5, 5.41) is 6.60. The number of hydrogen-bond acceptors (Lipinski definition) is 4. The number of aryl methyl sites for hydroxylation is 1. The molecular weight excluding hydrogens is 346 g/mol. The fourth-order valence-corrected chi connectivity index (χ4v) is 3.08. The monoisotopic (exact) mass is 359 g/mol. The van der Waals surface area contributed by atoms with Crippen molar-refractivity contribution >= 4 is 33.0 Å². The molecule has 2 heterocycles. The third-order valence-electron chi connectivity index (χ3n) is 3.04. The van der Waals surface area contributed by atoms with E-state index >= 15 is 0 Å². The molecule has 0 atom stereocenters. The van der Waals surface area contributed by atoms with Crippen LogP contribution in [0.1, 0.15) is 10.6 Å². The van der Waals surface area contributed by atoms with Crippen LogP contribution in [0.5, 0.6) is 0 Å². The van der Waals surface area contributed by atoms with E-state index in [1.807, 2.05) is 19.2 Å². The van der Waals surface area contributed by atoms with Gasteiger partial charge in [-0.2, -0.15) is 0 Å². The van der Waals surface area contributed by atoms with Crippen molar-refractivity contribution in [1.29, 1.82) is 0 Å². The van der Waals surface area contributed by atoms with Gasteiger partial charge in [-0.25, -0.2) is 4.98 Å². The normalized spacial score (nSPS) is 10.6. The SMILES string of the molecule is Cc1nc(-c2cccc(NCc3cncc(Br)c3)c2)cs1. The fourth-order valence-electron chi connectivity index (χ4n) is 2.04. The van der Waals surface area contributed by atoms with Crippen LogP contribution in [0.25, 0.3) is 11.3 Å². The van der Waals surface area contributed by atoms with Crippen LogP contribution in [0.2, 0.25) is 0 Å². The Balaban J connectivity index is 1.74. The topological polar surface area (TPSA) is 37.8 Å². The van der Waals surface area contributed by atoms with Gasteiger partial charge in [0, 0.05) is 40.0 Å². The Morgan fingerprint density at radius 2 is 2.14 bits per heavy atom. The maximum absolute atomic E-state index is 4.53. The maximum Gasteiger partial charge on any atom is 0.0901 e. The van der Waals surface area contributed by atoms with E-state index in [4.69, 9.17) is 0 Å². The molecule has 0 fully saturated rings. The molecule has 5 heteroatoms. The standard InChI is InChI=1S/C16H14BrN3S/c1-11-20-16(10-21-11)13-3-2-4-15(6-13)19-8-12-5-14(17)9-18-7-12/h2-7,9-10,19H,8H2,1H3. The highest BCUT2D eigenvalue weighted by molar-refractivity contribution is 9.10.